The molecule has 0 radical (unpaired) electrons. The normalized spacial score (nSPS) is 15.6. The van der Waals surface area contributed by atoms with Gasteiger partial charge in [-0.3, -0.25) is 14.5 Å². The van der Waals surface area contributed by atoms with Crippen LogP contribution < -0.4 is 10.6 Å². The molecule has 1 atom stereocenters. The van der Waals surface area contributed by atoms with Crippen molar-refractivity contribution < 1.29 is 9.53 Å². The number of carbonyl (C=O) groups excluding carboxylic acids is 1. The third-order valence-electron chi connectivity index (χ3n) is 5.01. The average molecular weight is 413 g/mol. The Labute approximate surface area is 178 Å². The van der Waals surface area contributed by atoms with Crippen LogP contribution in [0.2, 0.25) is 0 Å². The van der Waals surface area contributed by atoms with Crippen molar-refractivity contribution in [3.05, 3.63) is 54.4 Å². The van der Waals surface area contributed by atoms with E-state index in [-0.39, 0.29) is 11.8 Å². The zero-order valence-electron chi connectivity index (χ0n) is 17.7. The van der Waals surface area contributed by atoms with Gasteiger partial charge >= 0.3 is 0 Å². The summed E-state index contributed by atoms with van der Waals surface area (Å²) < 4.78 is 7.31. The number of amides is 1. The maximum atomic E-state index is 13.2. The largest absolute Gasteiger partial charge is 0.378 e. The lowest BCUT2D eigenvalue weighted by atomic mass is 9.97. The van der Waals surface area contributed by atoms with E-state index in [2.05, 4.69) is 15.7 Å². The SMILES string of the molecule is CCNC(=NCC(C(=O)N1CCOCC1)c1ccccc1)NCCCn1cccn1. The van der Waals surface area contributed by atoms with E-state index in [1.54, 1.807) is 6.20 Å². The van der Waals surface area contributed by atoms with Gasteiger partial charge in [0.25, 0.3) is 0 Å². The number of rotatable bonds is 9. The summed E-state index contributed by atoms with van der Waals surface area (Å²) in [7, 11) is 0. The summed E-state index contributed by atoms with van der Waals surface area (Å²) >= 11 is 0. The zero-order chi connectivity index (χ0) is 21.0. The first-order valence-corrected chi connectivity index (χ1v) is 10.7. The van der Waals surface area contributed by atoms with Gasteiger partial charge in [-0.2, -0.15) is 5.10 Å². The molecule has 8 nitrogen and oxygen atoms in total. The second-order valence-corrected chi connectivity index (χ2v) is 7.17. The van der Waals surface area contributed by atoms with Gasteiger partial charge in [0.1, 0.15) is 0 Å². The second-order valence-electron chi connectivity index (χ2n) is 7.17. The molecule has 2 heterocycles. The molecule has 1 saturated heterocycles. The summed E-state index contributed by atoms with van der Waals surface area (Å²) in [6, 6.07) is 11.8. The van der Waals surface area contributed by atoms with Crippen molar-refractivity contribution in [1.82, 2.24) is 25.3 Å². The molecule has 1 fully saturated rings. The fraction of sp³-hybridized carbons (Fsp3) is 0.500. The Hall–Kier alpha value is -2.87. The first-order chi connectivity index (χ1) is 14.8. The molecule has 1 aromatic heterocycles. The summed E-state index contributed by atoms with van der Waals surface area (Å²) in [4.78, 5) is 19.8. The first-order valence-electron chi connectivity index (χ1n) is 10.7. The van der Waals surface area contributed by atoms with Crippen LogP contribution in [0, 0.1) is 0 Å². The first kappa shape index (κ1) is 21.8. The molecule has 1 aliphatic rings. The number of nitrogens with one attached hydrogen (secondary N) is 2. The van der Waals surface area contributed by atoms with Gasteiger partial charge in [0, 0.05) is 45.1 Å². The average Bonchev–Trinajstić information content (AvgIpc) is 3.31. The number of benzene rings is 1. The van der Waals surface area contributed by atoms with Crippen molar-refractivity contribution >= 4 is 11.9 Å². The van der Waals surface area contributed by atoms with Crippen LogP contribution in [-0.2, 0) is 16.1 Å². The third-order valence-corrected chi connectivity index (χ3v) is 5.01. The summed E-state index contributed by atoms with van der Waals surface area (Å²) in [5, 5.41) is 10.9. The minimum Gasteiger partial charge on any atom is -0.378 e. The molecule has 3 rings (SSSR count). The Morgan fingerprint density at radius 1 is 1.20 bits per heavy atom. The number of carbonyl (C=O) groups is 1. The van der Waals surface area contributed by atoms with Crippen LogP contribution in [0.3, 0.4) is 0 Å². The zero-order valence-corrected chi connectivity index (χ0v) is 17.7. The smallest absolute Gasteiger partial charge is 0.232 e. The Morgan fingerprint density at radius 2 is 2.00 bits per heavy atom. The molecule has 1 amide bonds. The molecule has 1 aromatic carbocycles. The van der Waals surface area contributed by atoms with Crippen molar-refractivity contribution in [1.29, 1.82) is 0 Å². The molecule has 0 spiro atoms. The number of aromatic nitrogens is 2. The van der Waals surface area contributed by atoms with E-state index in [0.717, 1.165) is 37.6 Å². The maximum absolute atomic E-state index is 13.2. The van der Waals surface area contributed by atoms with Crippen molar-refractivity contribution in [2.24, 2.45) is 4.99 Å². The summed E-state index contributed by atoms with van der Waals surface area (Å²) in [6.07, 6.45) is 4.68. The van der Waals surface area contributed by atoms with Gasteiger partial charge in [-0.1, -0.05) is 30.3 Å². The minimum absolute atomic E-state index is 0.114. The Bertz CT molecular complexity index is 772. The molecule has 0 saturated carbocycles. The molecule has 162 valence electrons. The van der Waals surface area contributed by atoms with E-state index >= 15 is 0 Å². The molecule has 1 aliphatic heterocycles. The van der Waals surface area contributed by atoms with Gasteiger partial charge in [-0.05, 0) is 25.0 Å². The van der Waals surface area contributed by atoms with Gasteiger partial charge in [-0.25, -0.2) is 0 Å². The summed E-state index contributed by atoms with van der Waals surface area (Å²) in [5.41, 5.74) is 0.993. The lowest BCUT2D eigenvalue weighted by Crippen LogP contribution is -2.44. The Balaban J connectivity index is 1.62. The quantitative estimate of drug-likeness (QED) is 0.370. The van der Waals surface area contributed by atoms with Gasteiger partial charge in [0.15, 0.2) is 5.96 Å². The molecular formula is C22H32N6O2. The van der Waals surface area contributed by atoms with Crippen LogP contribution in [0.4, 0.5) is 0 Å². The number of hydrogen-bond acceptors (Lipinski definition) is 4. The molecular weight excluding hydrogens is 380 g/mol. The maximum Gasteiger partial charge on any atom is 0.232 e. The van der Waals surface area contributed by atoms with Gasteiger partial charge in [-0.15, -0.1) is 0 Å². The van der Waals surface area contributed by atoms with Gasteiger partial charge in [0.05, 0.1) is 25.7 Å². The lowest BCUT2D eigenvalue weighted by Gasteiger charge is -2.30. The molecule has 8 heteroatoms. The van der Waals surface area contributed by atoms with Gasteiger partial charge < -0.3 is 20.3 Å². The van der Waals surface area contributed by atoms with E-state index in [1.807, 2.05) is 59.1 Å². The molecule has 30 heavy (non-hydrogen) atoms. The highest BCUT2D eigenvalue weighted by Crippen LogP contribution is 2.20. The minimum atomic E-state index is -0.302. The van der Waals surface area contributed by atoms with Crippen LogP contribution in [0.15, 0.2) is 53.8 Å². The van der Waals surface area contributed by atoms with E-state index in [4.69, 9.17) is 9.73 Å². The number of guanidine groups is 1. The summed E-state index contributed by atoms with van der Waals surface area (Å²) in [6.45, 7) is 7.28. The Kier molecular flexibility index (Phi) is 8.71. The molecule has 0 aliphatic carbocycles. The fourth-order valence-electron chi connectivity index (χ4n) is 3.42. The van der Waals surface area contributed by atoms with Crippen molar-refractivity contribution in [3.63, 3.8) is 0 Å². The number of hydrogen-bond donors (Lipinski definition) is 2. The topological polar surface area (TPSA) is 83.8 Å². The Morgan fingerprint density at radius 3 is 2.70 bits per heavy atom. The highest BCUT2D eigenvalue weighted by atomic mass is 16.5. The van der Waals surface area contributed by atoms with Crippen molar-refractivity contribution in [2.45, 2.75) is 25.8 Å². The highest BCUT2D eigenvalue weighted by molar-refractivity contribution is 5.85. The molecule has 1 unspecified atom stereocenters. The van der Waals surface area contributed by atoms with E-state index in [0.29, 0.717) is 32.8 Å². The van der Waals surface area contributed by atoms with Crippen LogP contribution in [0.25, 0.3) is 0 Å². The number of aliphatic imine (C=N–C) groups is 1. The van der Waals surface area contributed by atoms with Crippen LogP contribution >= 0.6 is 0 Å². The fourth-order valence-corrected chi connectivity index (χ4v) is 3.42. The standard InChI is InChI=1S/C22H32N6O2/c1-2-23-22(24-10-6-12-28-13-7-11-26-28)25-18-20(19-8-4-3-5-9-19)21(29)27-14-16-30-17-15-27/h3-5,7-9,11,13,20H,2,6,10,12,14-18H2,1H3,(H2,23,24,25). The molecule has 0 bridgehead atoms. The number of aryl methyl sites for hydroxylation is 1. The highest BCUT2D eigenvalue weighted by Gasteiger charge is 2.27. The third kappa shape index (κ3) is 6.59. The monoisotopic (exact) mass is 412 g/mol. The van der Waals surface area contributed by atoms with Crippen molar-refractivity contribution in [3.8, 4) is 0 Å². The van der Waals surface area contributed by atoms with Crippen molar-refractivity contribution in [2.75, 3.05) is 45.9 Å². The second kappa shape index (κ2) is 12.0. The van der Waals surface area contributed by atoms with Crippen LogP contribution in [0.5, 0.6) is 0 Å². The number of morpholine rings is 1. The molecule has 2 N–H and O–H groups in total. The lowest BCUT2D eigenvalue weighted by molar-refractivity contribution is -0.136. The van der Waals surface area contributed by atoms with E-state index in [1.165, 1.54) is 0 Å². The number of ether oxygens (including phenoxy) is 1. The predicted molar refractivity (Wildman–Crippen MR) is 117 cm³/mol. The number of nitrogens with zero attached hydrogens (tertiary/aromatic N) is 4. The molecule has 2 aromatic rings. The van der Waals surface area contributed by atoms with Gasteiger partial charge in [0.2, 0.25) is 5.91 Å². The van der Waals surface area contributed by atoms with E-state index < -0.39 is 0 Å². The summed E-state index contributed by atoms with van der Waals surface area (Å²) in [5.74, 6) is 0.542. The van der Waals surface area contributed by atoms with E-state index in [9.17, 15) is 4.79 Å². The van der Waals surface area contributed by atoms with Crippen LogP contribution in [0.1, 0.15) is 24.8 Å². The van der Waals surface area contributed by atoms with Crippen LogP contribution in [-0.4, -0.2) is 72.5 Å². The predicted octanol–water partition coefficient (Wildman–Crippen LogP) is 1.47.